The molecule has 0 bridgehead atoms. The molecule has 4 nitrogen and oxygen atoms in total. The van der Waals surface area contributed by atoms with Gasteiger partial charge in [-0.05, 0) is 61.5 Å². The van der Waals surface area contributed by atoms with Crippen LogP contribution in [0.4, 0.5) is 23.2 Å². The monoisotopic (exact) mass is 450 g/mol. The minimum Gasteiger partial charge on any atom is -0.320 e. The molecule has 1 aliphatic carbocycles. The van der Waals surface area contributed by atoms with Gasteiger partial charge in [-0.2, -0.15) is 13.2 Å². The van der Waals surface area contributed by atoms with Crippen LogP contribution in [-0.4, -0.2) is 15.5 Å². The number of nitrogens with zero attached hydrogens (tertiary/aromatic N) is 1. The van der Waals surface area contributed by atoms with Crippen LogP contribution in [0, 0.1) is 11.7 Å². The molecule has 0 radical (unpaired) electrons. The van der Waals surface area contributed by atoms with Crippen molar-refractivity contribution in [1.29, 1.82) is 0 Å². The second kappa shape index (κ2) is 7.65. The molecule has 1 aliphatic heterocycles. The third-order valence-electron chi connectivity index (χ3n) is 5.40. The molecule has 4 rings (SSSR count). The molecule has 2 aromatic carbocycles. The number of allylic oxidation sites excluding steroid dienone is 4. The maximum absolute atomic E-state index is 14.6. The zero-order valence-electron chi connectivity index (χ0n) is 16.3. The zero-order chi connectivity index (χ0) is 22.4. The number of sulfonamides is 1. The standard InChI is InChI=1S/C22H18F4N2O2S/c1-27-31(29,30)16-10-11-21-18(12-16)19(17-4-2-3-5-20(17)23)13-28(21)15-8-6-14(7-9-15)22(24,25)26/h2-11,13,18,27H,12H2,1H3. The van der Waals surface area contributed by atoms with Crippen LogP contribution in [-0.2, 0) is 16.2 Å². The lowest BCUT2D eigenvalue weighted by Gasteiger charge is -2.26. The van der Waals surface area contributed by atoms with Gasteiger partial charge in [-0.25, -0.2) is 17.5 Å². The molecule has 0 fully saturated rings. The van der Waals surface area contributed by atoms with Gasteiger partial charge in [0.05, 0.1) is 10.5 Å². The molecular weight excluding hydrogens is 432 g/mol. The molecule has 2 aliphatic rings. The molecule has 0 saturated carbocycles. The lowest BCUT2D eigenvalue weighted by Crippen LogP contribution is -2.25. The lowest BCUT2D eigenvalue weighted by molar-refractivity contribution is -0.137. The number of hydrogen-bond acceptors (Lipinski definition) is 3. The van der Waals surface area contributed by atoms with Gasteiger partial charge in [0.25, 0.3) is 0 Å². The number of anilines is 1. The Morgan fingerprint density at radius 1 is 1.03 bits per heavy atom. The van der Waals surface area contributed by atoms with E-state index in [1.165, 1.54) is 31.3 Å². The van der Waals surface area contributed by atoms with Gasteiger partial charge in [-0.15, -0.1) is 0 Å². The normalized spacial score (nSPS) is 18.9. The summed E-state index contributed by atoms with van der Waals surface area (Å²) in [6, 6.07) is 10.8. The van der Waals surface area contributed by atoms with Crippen LogP contribution in [0.3, 0.4) is 0 Å². The molecular formula is C22H18F4N2O2S. The van der Waals surface area contributed by atoms with Crippen molar-refractivity contribution in [3.8, 4) is 0 Å². The zero-order valence-corrected chi connectivity index (χ0v) is 17.1. The second-order valence-corrected chi connectivity index (χ2v) is 9.11. The maximum Gasteiger partial charge on any atom is 0.416 e. The Morgan fingerprint density at radius 2 is 1.71 bits per heavy atom. The highest BCUT2D eigenvalue weighted by Crippen LogP contribution is 2.47. The van der Waals surface area contributed by atoms with Crippen LogP contribution < -0.4 is 9.62 Å². The van der Waals surface area contributed by atoms with Crippen molar-refractivity contribution in [2.75, 3.05) is 11.9 Å². The quantitative estimate of drug-likeness (QED) is 0.664. The predicted octanol–water partition coefficient (Wildman–Crippen LogP) is 5.04. The molecule has 9 heteroatoms. The van der Waals surface area contributed by atoms with Crippen molar-refractivity contribution < 1.29 is 26.0 Å². The highest BCUT2D eigenvalue weighted by molar-refractivity contribution is 7.93. The number of rotatable bonds is 4. The van der Waals surface area contributed by atoms with Crippen LogP contribution in [0.15, 0.2) is 77.5 Å². The molecule has 31 heavy (non-hydrogen) atoms. The number of halogens is 4. The molecule has 1 N–H and O–H groups in total. The van der Waals surface area contributed by atoms with Crippen LogP contribution >= 0.6 is 0 Å². The third kappa shape index (κ3) is 3.90. The molecule has 0 aromatic heterocycles. The van der Waals surface area contributed by atoms with E-state index in [1.807, 2.05) is 0 Å². The first-order valence-electron chi connectivity index (χ1n) is 9.39. The first-order valence-corrected chi connectivity index (χ1v) is 10.9. The average Bonchev–Trinajstić information content (AvgIpc) is 3.12. The number of hydrogen-bond donors (Lipinski definition) is 1. The van der Waals surface area contributed by atoms with Gasteiger partial charge in [-0.3, -0.25) is 0 Å². The van der Waals surface area contributed by atoms with Crippen LogP contribution in [0.1, 0.15) is 17.5 Å². The summed E-state index contributed by atoms with van der Waals surface area (Å²) in [5.74, 6) is -0.933. The number of nitrogens with one attached hydrogen (secondary N) is 1. The fourth-order valence-electron chi connectivity index (χ4n) is 3.81. The largest absolute Gasteiger partial charge is 0.416 e. The van der Waals surface area contributed by atoms with Crippen molar-refractivity contribution in [3.05, 3.63) is 94.4 Å². The van der Waals surface area contributed by atoms with Gasteiger partial charge in [0.2, 0.25) is 10.0 Å². The Balaban J connectivity index is 1.82. The van der Waals surface area contributed by atoms with Crippen molar-refractivity contribution in [3.63, 3.8) is 0 Å². The summed E-state index contributed by atoms with van der Waals surface area (Å²) in [5, 5.41) is 0. The molecule has 162 valence electrons. The summed E-state index contributed by atoms with van der Waals surface area (Å²) in [6.45, 7) is 0. The fourth-order valence-corrected chi connectivity index (χ4v) is 4.70. The molecule has 1 unspecified atom stereocenters. The van der Waals surface area contributed by atoms with Gasteiger partial charge in [0.15, 0.2) is 0 Å². The first-order chi connectivity index (χ1) is 14.6. The summed E-state index contributed by atoms with van der Waals surface area (Å²) in [6.07, 6.45) is 0.378. The minimum atomic E-state index is -4.45. The van der Waals surface area contributed by atoms with E-state index in [9.17, 15) is 26.0 Å². The van der Waals surface area contributed by atoms with Gasteiger partial charge in [0, 0.05) is 29.1 Å². The highest BCUT2D eigenvalue weighted by atomic mass is 32.2. The van der Waals surface area contributed by atoms with Crippen LogP contribution in [0.5, 0.6) is 0 Å². The predicted molar refractivity (Wildman–Crippen MR) is 111 cm³/mol. The van der Waals surface area contributed by atoms with E-state index in [4.69, 9.17) is 0 Å². The number of alkyl halides is 3. The van der Waals surface area contributed by atoms with Crippen molar-refractivity contribution in [2.45, 2.75) is 12.6 Å². The van der Waals surface area contributed by atoms with E-state index in [-0.39, 0.29) is 11.3 Å². The Kier molecular flexibility index (Phi) is 5.26. The first kappa shape index (κ1) is 21.3. The Morgan fingerprint density at radius 3 is 2.32 bits per heavy atom. The fraction of sp³-hybridized carbons (Fsp3) is 0.182. The van der Waals surface area contributed by atoms with Gasteiger partial charge < -0.3 is 4.90 Å². The van der Waals surface area contributed by atoms with Crippen LogP contribution in [0.2, 0.25) is 0 Å². The third-order valence-corrected chi connectivity index (χ3v) is 6.93. The molecule has 1 atom stereocenters. The van der Waals surface area contributed by atoms with E-state index in [0.717, 1.165) is 12.1 Å². The lowest BCUT2D eigenvalue weighted by atomic mass is 9.87. The smallest absolute Gasteiger partial charge is 0.320 e. The summed E-state index contributed by atoms with van der Waals surface area (Å²) in [5.41, 5.74) is 1.22. The Labute approximate surface area is 177 Å². The summed E-state index contributed by atoms with van der Waals surface area (Å²) in [4.78, 5) is 1.83. The van der Waals surface area contributed by atoms with Gasteiger partial charge in [0.1, 0.15) is 5.82 Å². The van der Waals surface area contributed by atoms with E-state index in [0.29, 0.717) is 22.5 Å². The molecule has 0 amide bonds. The maximum atomic E-state index is 14.6. The summed E-state index contributed by atoms with van der Waals surface area (Å²) in [7, 11) is -2.37. The Bertz CT molecular complexity index is 1210. The average molecular weight is 450 g/mol. The second-order valence-electron chi connectivity index (χ2n) is 7.17. The van der Waals surface area contributed by atoms with E-state index >= 15 is 0 Å². The van der Waals surface area contributed by atoms with E-state index in [1.54, 1.807) is 35.4 Å². The minimum absolute atomic E-state index is 0.103. The summed E-state index contributed by atoms with van der Waals surface area (Å²) >= 11 is 0. The molecule has 0 spiro atoms. The summed E-state index contributed by atoms with van der Waals surface area (Å²) < 4.78 is 80.3. The van der Waals surface area contributed by atoms with Crippen LogP contribution in [0.25, 0.3) is 5.57 Å². The van der Waals surface area contributed by atoms with Crippen molar-refractivity contribution >= 4 is 21.3 Å². The van der Waals surface area contributed by atoms with Crippen molar-refractivity contribution in [2.24, 2.45) is 5.92 Å². The van der Waals surface area contributed by atoms with E-state index < -0.39 is 33.5 Å². The highest BCUT2D eigenvalue weighted by Gasteiger charge is 2.37. The van der Waals surface area contributed by atoms with Crippen molar-refractivity contribution in [1.82, 2.24) is 4.72 Å². The molecule has 2 aromatic rings. The topological polar surface area (TPSA) is 49.4 Å². The SMILES string of the molecule is CNS(=O)(=O)C1=CC=C2C(C1)C(c1ccccc1F)=CN2c1ccc(C(F)(F)F)cc1. The van der Waals surface area contributed by atoms with Gasteiger partial charge >= 0.3 is 6.18 Å². The number of benzene rings is 2. The molecule has 0 saturated heterocycles. The van der Waals surface area contributed by atoms with E-state index in [2.05, 4.69) is 4.72 Å². The molecule has 1 heterocycles. The number of fused-ring (bicyclic) bond motifs is 1. The van der Waals surface area contributed by atoms with Gasteiger partial charge in [-0.1, -0.05) is 18.2 Å². The Hall–Kier alpha value is -2.91.